The topological polar surface area (TPSA) is 34.1 Å². The highest BCUT2D eigenvalue weighted by Gasteiger charge is 2.48. The van der Waals surface area contributed by atoms with Crippen molar-refractivity contribution in [1.29, 1.82) is 0 Å². The van der Waals surface area contributed by atoms with Crippen molar-refractivity contribution in [3.63, 3.8) is 0 Å². The predicted molar refractivity (Wildman–Crippen MR) is 81.2 cm³/mol. The molecular weight excluding hydrogens is 378 g/mol. The first-order valence-electron chi connectivity index (χ1n) is 7.88. The van der Waals surface area contributed by atoms with Gasteiger partial charge in [-0.1, -0.05) is 12.1 Å². The zero-order valence-electron chi connectivity index (χ0n) is 13.6. The smallest absolute Gasteiger partial charge is 0.417 e. The number of rotatable bonds is 2. The summed E-state index contributed by atoms with van der Waals surface area (Å²) >= 11 is 0. The lowest BCUT2D eigenvalue weighted by Crippen LogP contribution is -2.40. The molecule has 3 aliphatic rings. The van der Waals surface area contributed by atoms with Crippen LogP contribution in [0.15, 0.2) is 46.8 Å². The highest BCUT2D eigenvalue weighted by atomic mass is 19.4. The standard InChI is InChI=1S/C17H12F6N2O2/c18-12-3-1-2-11-10(12)6-26-8-16(11)7-25-5-9(17(21,22)23)4-13(14(25)24-16)27-15(19)20/h1-5,15H,6-8H2/t16-/m1/s1. The van der Waals surface area contributed by atoms with E-state index in [1.54, 1.807) is 6.07 Å². The van der Waals surface area contributed by atoms with Crippen LogP contribution in [0, 0.1) is 5.82 Å². The summed E-state index contributed by atoms with van der Waals surface area (Å²) in [6, 6.07) is 4.31. The average molecular weight is 390 g/mol. The molecule has 0 radical (unpaired) electrons. The normalized spacial score (nSPS) is 24.4. The summed E-state index contributed by atoms with van der Waals surface area (Å²) in [6.07, 6.45) is -3.50. The van der Waals surface area contributed by atoms with Crippen LogP contribution >= 0.6 is 0 Å². The van der Waals surface area contributed by atoms with Crippen molar-refractivity contribution in [2.45, 2.75) is 24.9 Å². The Hall–Kier alpha value is -2.49. The predicted octanol–water partition coefficient (Wildman–Crippen LogP) is 3.85. The van der Waals surface area contributed by atoms with E-state index in [1.807, 2.05) is 0 Å². The number of aliphatic imine (C=N–C) groups is 1. The molecule has 0 bridgehead atoms. The molecule has 0 amide bonds. The number of amidine groups is 1. The summed E-state index contributed by atoms with van der Waals surface area (Å²) in [7, 11) is 0. The maximum atomic E-state index is 14.1. The van der Waals surface area contributed by atoms with Crippen molar-refractivity contribution in [2.24, 2.45) is 4.99 Å². The lowest BCUT2D eigenvalue weighted by atomic mass is 9.86. The third kappa shape index (κ3) is 2.97. The first-order chi connectivity index (χ1) is 12.7. The third-order valence-electron chi connectivity index (χ3n) is 4.58. The van der Waals surface area contributed by atoms with Crippen LogP contribution in [0.4, 0.5) is 26.3 Å². The summed E-state index contributed by atoms with van der Waals surface area (Å²) in [5.74, 6) is -1.40. The van der Waals surface area contributed by atoms with Gasteiger partial charge < -0.3 is 14.4 Å². The first-order valence-corrected chi connectivity index (χ1v) is 7.88. The van der Waals surface area contributed by atoms with Gasteiger partial charge in [0.2, 0.25) is 0 Å². The number of benzene rings is 1. The Morgan fingerprint density at radius 3 is 2.74 bits per heavy atom. The SMILES string of the molecule is Fc1cccc2c1COC[C@]21CN2C=C(C(F)(F)F)C=C(OC(F)F)C2=N1. The Labute approximate surface area is 149 Å². The molecule has 1 atom stereocenters. The molecule has 0 aromatic heterocycles. The Morgan fingerprint density at radius 2 is 2.04 bits per heavy atom. The number of halogens is 6. The highest BCUT2D eigenvalue weighted by molar-refractivity contribution is 6.00. The minimum absolute atomic E-state index is 0.00548. The van der Waals surface area contributed by atoms with E-state index in [0.29, 0.717) is 11.6 Å². The lowest BCUT2D eigenvalue weighted by molar-refractivity contribution is -0.0981. The van der Waals surface area contributed by atoms with Gasteiger partial charge in [0, 0.05) is 11.8 Å². The molecule has 0 aliphatic carbocycles. The maximum Gasteiger partial charge on any atom is 0.417 e. The van der Waals surface area contributed by atoms with Crippen molar-refractivity contribution in [3.8, 4) is 0 Å². The fraction of sp³-hybridized carbons (Fsp3) is 0.353. The Morgan fingerprint density at radius 1 is 1.26 bits per heavy atom. The second-order valence-corrected chi connectivity index (χ2v) is 6.32. The van der Waals surface area contributed by atoms with Gasteiger partial charge in [-0.15, -0.1) is 0 Å². The van der Waals surface area contributed by atoms with Crippen LogP contribution in [0.1, 0.15) is 11.1 Å². The van der Waals surface area contributed by atoms with Gasteiger partial charge in [0.25, 0.3) is 0 Å². The molecule has 0 N–H and O–H groups in total. The van der Waals surface area contributed by atoms with Crippen molar-refractivity contribution < 1.29 is 35.8 Å². The van der Waals surface area contributed by atoms with E-state index >= 15 is 0 Å². The van der Waals surface area contributed by atoms with Crippen LogP contribution < -0.4 is 0 Å². The summed E-state index contributed by atoms with van der Waals surface area (Å²) in [5.41, 5.74) is -1.67. The summed E-state index contributed by atoms with van der Waals surface area (Å²) in [5, 5.41) is 0. The zero-order valence-corrected chi connectivity index (χ0v) is 13.6. The highest BCUT2D eigenvalue weighted by Crippen LogP contribution is 2.43. The Kier molecular flexibility index (Phi) is 3.99. The first kappa shape index (κ1) is 17.9. The maximum absolute atomic E-state index is 14.1. The van der Waals surface area contributed by atoms with E-state index in [2.05, 4.69) is 9.73 Å². The van der Waals surface area contributed by atoms with Gasteiger partial charge in [-0.3, -0.25) is 0 Å². The monoisotopic (exact) mass is 390 g/mol. The molecule has 4 nitrogen and oxygen atoms in total. The Balaban J connectivity index is 1.82. The molecule has 3 aliphatic heterocycles. The van der Waals surface area contributed by atoms with Gasteiger partial charge in [0.15, 0.2) is 11.6 Å². The molecule has 3 heterocycles. The van der Waals surface area contributed by atoms with E-state index in [-0.39, 0.29) is 31.2 Å². The van der Waals surface area contributed by atoms with Crippen LogP contribution in [0.3, 0.4) is 0 Å². The number of allylic oxidation sites excluding steroid dienone is 2. The Bertz CT molecular complexity index is 877. The van der Waals surface area contributed by atoms with Crippen molar-refractivity contribution in [3.05, 3.63) is 58.8 Å². The molecule has 0 saturated carbocycles. The van der Waals surface area contributed by atoms with Crippen LogP contribution in [0.5, 0.6) is 0 Å². The van der Waals surface area contributed by atoms with Gasteiger partial charge in [-0.2, -0.15) is 22.0 Å². The number of hydrogen-bond donors (Lipinski definition) is 0. The van der Waals surface area contributed by atoms with Crippen LogP contribution in [-0.2, 0) is 21.6 Å². The molecule has 0 saturated heterocycles. The molecule has 1 spiro atoms. The van der Waals surface area contributed by atoms with Crippen molar-refractivity contribution in [1.82, 2.24) is 4.90 Å². The third-order valence-corrected chi connectivity index (χ3v) is 4.58. The molecule has 4 rings (SSSR count). The molecular formula is C17H12F6N2O2. The number of fused-ring (bicyclic) bond motifs is 3. The van der Waals surface area contributed by atoms with Crippen molar-refractivity contribution in [2.75, 3.05) is 13.2 Å². The van der Waals surface area contributed by atoms with Gasteiger partial charge in [0.05, 0.1) is 25.3 Å². The fourth-order valence-electron chi connectivity index (χ4n) is 3.48. The van der Waals surface area contributed by atoms with Gasteiger partial charge >= 0.3 is 12.8 Å². The molecule has 1 aromatic rings. The molecule has 27 heavy (non-hydrogen) atoms. The number of nitrogens with zero attached hydrogens (tertiary/aromatic N) is 2. The largest absolute Gasteiger partial charge is 0.431 e. The molecule has 0 unspecified atom stereocenters. The van der Waals surface area contributed by atoms with E-state index in [0.717, 1.165) is 11.1 Å². The van der Waals surface area contributed by atoms with E-state index < -0.39 is 35.5 Å². The number of alkyl halides is 5. The molecule has 0 fully saturated rings. The zero-order chi connectivity index (χ0) is 19.4. The van der Waals surface area contributed by atoms with Gasteiger partial charge in [-0.25, -0.2) is 9.38 Å². The lowest BCUT2D eigenvalue weighted by Gasteiger charge is -2.33. The van der Waals surface area contributed by atoms with E-state index in [4.69, 9.17) is 4.74 Å². The number of hydrogen-bond acceptors (Lipinski definition) is 4. The summed E-state index contributed by atoms with van der Waals surface area (Å²) < 4.78 is 88.6. The summed E-state index contributed by atoms with van der Waals surface area (Å²) in [4.78, 5) is 5.43. The average Bonchev–Trinajstić information content (AvgIpc) is 2.94. The minimum Gasteiger partial charge on any atom is -0.431 e. The number of ether oxygens (including phenoxy) is 2. The molecule has 1 aromatic carbocycles. The molecule has 144 valence electrons. The van der Waals surface area contributed by atoms with Crippen molar-refractivity contribution >= 4 is 5.84 Å². The van der Waals surface area contributed by atoms with E-state index in [1.165, 1.54) is 12.1 Å². The van der Waals surface area contributed by atoms with Crippen LogP contribution in [-0.4, -0.2) is 36.7 Å². The van der Waals surface area contributed by atoms with Crippen LogP contribution in [0.2, 0.25) is 0 Å². The second-order valence-electron chi connectivity index (χ2n) is 6.32. The fourth-order valence-corrected chi connectivity index (χ4v) is 3.48. The van der Waals surface area contributed by atoms with Gasteiger partial charge in [0.1, 0.15) is 11.4 Å². The summed E-state index contributed by atoms with van der Waals surface area (Å²) in [6.45, 7) is -3.48. The second kappa shape index (κ2) is 6.01. The quantitative estimate of drug-likeness (QED) is 0.720. The minimum atomic E-state index is -4.76. The molecule has 10 heteroatoms. The van der Waals surface area contributed by atoms with Gasteiger partial charge in [-0.05, 0) is 17.7 Å². The van der Waals surface area contributed by atoms with E-state index in [9.17, 15) is 26.3 Å². The van der Waals surface area contributed by atoms with Crippen LogP contribution in [0.25, 0.3) is 0 Å².